The summed E-state index contributed by atoms with van der Waals surface area (Å²) in [6.07, 6.45) is 10.1. The minimum Gasteiger partial charge on any atom is -0.392 e. The van der Waals surface area contributed by atoms with Crippen molar-refractivity contribution in [1.29, 1.82) is 0 Å². The van der Waals surface area contributed by atoms with Gasteiger partial charge in [0.15, 0.2) is 0 Å². The lowest BCUT2D eigenvalue weighted by Crippen LogP contribution is -2.49. The van der Waals surface area contributed by atoms with E-state index in [1.54, 1.807) is 0 Å². The number of unbranched alkanes of at least 4 members (excludes halogenated alkanes) is 4. The van der Waals surface area contributed by atoms with Crippen molar-refractivity contribution < 1.29 is 5.11 Å². The van der Waals surface area contributed by atoms with Crippen LogP contribution in [0.5, 0.6) is 0 Å². The van der Waals surface area contributed by atoms with Gasteiger partial charge in [0, 0.05) is 36.7 Å². The topological polar surface area (TPSA) is 44.3 Å². The van der Waals surface area contributed by atoms with Crippen LogP contribution in [0.3, 0.4) is 0 Å². The Balaban J connectivity index is 0. The normalized spacial score (nSPS) is 20.2. The fourth-order valence-electron chi connectivity index (χ4n) is 2.90. The van der Waals surface area contributed by atoms with E-state index in [9.17, 15) is 5.11 Å². The van der Waals surface area contributed by atoms with Crippen LogP contribution < -0.4 is 10.6 Å². The van der Waals surface area contributed by atoms with Gasteiger partial charge in [0.1, 0.15) is 0 Å². The lowest BCUT2D eigenvalue weighted by molar-refractivity contribution is 0.167. The summed E-state index contributed by atoms with van der Waals surface area (Å²) >= 11 is 1.98. The molecule has 0 aromatic carbocycles. The third-order valence-electron chi connectivity index (χ3n) is 4.29. The summed E-state index contributed by atoms with van der Waals surface area (Å²) in [6.45, 7) is 7.62. The van der Waals surface area contributed by atoms with Crippen molar-refractivity contribution in [2.24, 2.45) is 0 Å². The highest BCUT2D eigenvalue weighted by molar-refractivity contribution is 7.99. The van der Waals surface area contributed by atoms with Crippen molar-refractivity contribution in [1.82, 2.24) is 10.6 Å². The standard InChI is InChI=1S/C17H36N2OS.2ClH/c1-3-5-6-7-8-9-17(4-2)21-14-16(20)12-15-13-18-10-11-19-15;;/h15-20H,3-14H2,1-2H3;2*1H. The SMILES string of the molecule is CCCCCCCC(CC)SCC(O)CC1CNCCN1.Cl.Cl. The molecule has 1 aliphatic rings. The first-order valence-corrected chi connectivity index (χ1v) is 10.0. The molecule has 0 aromatic heterocycles. The maximum absolute atomic E-state index is 10.2. The highest BCUT2D eigenvalue weighted by Crippen LogP contribution is 2.23. The zero-order chi connectivity index (χ0) is 15.3. The molecule has 0 aromatic rings. The van der Waals surface area contributed by atoms with E-state index in [4.69, 9.17) is 0 Å². The van der Waals surface area contributed by atoms with E-state index in [2.05, 4.69) is 24.5 Å². The summed E-state index contributed by atoms with van der Waals surface area (Å²) < 4.78 is 0. The van der Waals surface area contributed by atoms with Gasteiger partial charge in [0.25, 0.3) is 0 Å². The molecule has 0 radical (unpaired) electrons. The van der Waals surface area contributed by atoms with Crippen LogP contribution in [0, 0.1) is 0 Å². The number of thioether (sulfide) groups is 1. The number of aliphatic hydroxyl groups excluding tert-OH is 1. The van der Waals surface area contributed by atoms with Crippen LogP contribution >= 0.6 is 36.6 Å². The maximum Gasteiger partial charge on any atom is 0.0646 e. The van der Waals surface area contributed by atoms with Crippen molar-refractivity contribution in [3.63, 3.8) is 0 Å². The summed E-state index contributed by atoms with van der Waals surface area (Å²) in [4.78, 5) is 0. The van der Waals surface area contributed by atoms with E-state index in [1.165, 1.54) is 44.9 Å². The predicted molar refractivity (Wildman–Crippen MR) is 110 cm³/mol. The van der Waals surface area contributed by atoms with Crippen molar-refractivity contribution in [2.45, 2.75) is 82.6 Å². The zero-order valence-corrected chi connectivity index (χ0v) is 17.3. The first-order chi connectivity index (χ1) is 10.3. The summed E-state index contributed by atoms with van der Waals surface area (Å²) in [5.74, 6) is 0.894. The summed E-state index contributed by atoms with van der Waals surface area (Å²) in [5.41, 5.74) is 0. The second kappa shape index (κ2) is 17.6. The molecule has 3 N–H and O–H groups in total. The third kappa shape index (κ3) is 13.7. The maximum atomic E-state index is 10.2. The molecular weight excluding hydrogens is 351 g/mol. The Hall–Kier alpha value is 0.810. The van der Waals surface area contributed by atoms with E-state index >= 15 is 0 Å². The Kier molecular flexibility index (Phi) is 20.0. The smallest absolute Gasteiger partial charge is 0.0646 e. The molecule has 1 rings (SSSR count). The molecule has 0 saturated carbocycles. The zero-order valence-electron chi connectivity index (χ0n) is 14.9. The van der Waals surface area contributed by atoms with Crippen LogP contribution in [-0.4, -0.2) is 47.9 Å². The van der Waals surface area contributed by atoms with Crippen molar-refractivity contribution >= 4 is 36.6 Å². The number of nitrogens with one attached hydrogen (secondary N) is 2. The molecule has 1 fully saturated rings. The molecule has 1 heterocycles. The monoisotopic (exact) mass is 388 g/mol. The number of piperazine rings is 1. The van der Waals surface area contributed by atoms with E-state index in [-0.39, 0.29) is 30.9 Å². The second-order valence-corrected chi connectivity index (χ2v) is 7.64. The fourth-order valence-corrected chi connectivity index (χ4v) is 4.10. The van der Waals surface area contributed by atoms with Crippen LogP contribution in [-0.2, 0) is 0 Å². The van der Waals surface area contributed by atoms with E-state index in [0.717, 1.165) is 37.1 Å². The van der Waals surface area contributed by atoms with Crippen LogP contribution in [0.4, 0.5) is 0 Å². The Bertz CT molecular complexity index is 245. The van der Waals surface area contributed by atoms with Crippen LogP contribution in [0.2, 0.25) is 0 Å². The van der Waals surface area contributed by atoms with Gasteiger partial charge in [-0.2, -0.15) is 11.8 Å². The largest absolute Gasteiger partial charge is 0.392 e. The molecule has 0 amide bonds. The molecule has 3 nitrogen and oxygen atoms in total. The number of hydrogen-bond acceptors (Lipinski definition) is 4. The molecule has 23 heavy (non-hydrogen) atoms. The van der Waals surface area contributed by atoms with Gasteiger partial charge < -0.3 is 15.7 Å². The molecule has 1 saturated heterocycles. The van der Waals surface area contributed by atoms with Crippen LogP contribution in [0.1, 0.15) is 65.2 Å². The van der Waals surface area contributed by atoms with Gasteiger partial charge >= 0.3 is 0 Å². The minimum absolute atomic E-state index is 0. The molecule has 0 bridgehead atoms. The van der Waals surface area contributed by atoms with E-state index < -0.39 is 0 Å². The number of halogens is 2. The van der Waals surface area contributed by atoms with Crippen LogP contribution in [0.15, 0.2) is 0 Å². The van der Waals surface area contributed by atoms with Gasteiger partial charge in [0.05, 0.1) is 6.10 Å². The van der Waals surface area contributed by atoms with Gasteiger partial charge in [-0.3, -0.25) is 0 Å². The summed E-state index contributed by atoms with van der Waals surface area (Å²) in [5, 5.41) is 17.8. The van der Waals surface area contributed by atoms with E-state index in [1.807, 2.05) is 11.8 Å². The highest BCUT2D eigenvalue weighted by atomic mass is 35.5. The molecule has 0 aliphatic carbocycles. The number of rotatable bonds is 12. The molecule has 3 atom stereocenters. The average Bonchev–Trinajstić information content (AvgIpc) is 2.51. The van der Waals surface area contributed by atoms with Gasteiger partial charge in [-0.15, -0.1) is 24.8 Å². The molecule has 1 aliphatic heterocycles. The molecule has 142 valence electrons. The van der Waals surface area contributed by atoms with Crippen molar-refractivity contribution in [2.75, 3.05) is 25.4 Å². The number of aliphatic hydroxyl groups is 1. The molecule has 3 unspecified atom stereocenters. The number of hydrogen-bond donors (Lipinski definition) is 3. The lowest BCUT2D eigenvalue weighted by atomic mass is 10.1. The van der Waals surface area contributed by atoms with E-state index in [0.29, 0.717) is 6.04 Å². The lowest BCUT2D eigenvalue weighted by Gasteiger charge is -2.27. The van der Waals surface area contributed by atoms with Gasteiger partial charge in [-0.1, -0.05) is 46.0 Å². The Morgan fingerprint density at radius 3 is 2.43 bits per heavy atom. The highest BCUT2D eigenvalue weighted by Gasteiger charge is 2.17. The first-order valence-electron chi connectivity index (χ1n) is 9.00. The Morgan fingerprint density at radius 2 is 1.83 bits per heavy atom. The van der Waals surface area contributed by atoms with Crippen molar-refractivity contribution in [3.05, 3.63) is 0 Å². The Morgan fingerprint density at radius 1 is 1.09 bits per heavy atom. The van der Waals surface area contributed by atoms with Gasteiger partial charge in [-0.25, -0.2) is 0 Å². The summed E-state index contributed by atoms with van der Waals surface area (Å²) in [7, 11) is 0. The van der Waals surface area contributed by atoms with Gasteiger partial charge in [0.2, 0.25) is 0 Å². The van der Waals surface area contributed by atoms with Gasteiger partial charge in [-0.05, 0) is 19.3 Å². The molecule has 6 heteroatoms. The summed E-state index contributed by atoms with van der Waals surface area (Å²) in [6, 6.07) is 0.448. The molecule has 0 spiro atoms. The average molecular weight is 389 g/mol. The van der Waals surface area contributed by atoms with Crippen molar-refractivity contribution in [3.8, 4) is 0 Å². The Labute approximate surface area is 160 Å². The second-order valence-electron chi connectivity index (χ2n) is 6.31. The van der Waals surface area contributed by atoms with Crippen LogP contribution in [0.25, 0.3) is 0 Å². The third-order valence-corrected chi connectivity index (χ3v) is 5.91. The first kappa shape index (κ1) is 26.0. The minimum atomic E-state index is -0.165. The predicted octanol–water partition coefficient (Wildman–Crippen LogP) is 4.01. The quantitative estimate of drug-likeness (QED) is 0.441. The molecular formula is C17H38Cl2N2OS. The fraction of sp³-hybridized carbons (Fsp3) is 1.00.